The standard InChI is InChI=1S/C18H38N2O7/c1-18(2,23-5)15-20-17(21)16(19-3)14-27-13-12-26-11-10-25-9-8-24-7-6-22-4/h16,19H,6-15H2,1-5H3,(H,20,21)/t16-/m0/s1. The fourth-order valence-electron chi connectivity index (χ4n) is 1.79. The maximum Gasteiger partial charge on any atom is 0.239 e. The van der Waals surface area contributed by atoms with E-state index < -0.39 is 11.6 Å². The number of rotatable bonds is 19. The first-order valence-corrected chi connectivity index (χ1v) is 9.27. The van der Waals surface area contributed by atoms with Gasteiger partial charge >= 0.3 is 0 Å². The molecule has 0 aromatic rings. The molecule has 0 radical (unpaired) electrons. The second-order valence-electron chi connectivity index (χ2n) is 6.43. The number of carbonyl (C=O) groups excluding carboxylic acids is 1. The van der Waals surface area contributed by atoms with Gasteiger partial charge in [-0.1, -0.05) is 0 Å². The van der Waals surface area contributed by atoms with E-state index in [0.717, 1.165) is 0 Å². The number of nitrogens with one attached hydrogen (secondary N) is 2. The maximum atomic E-state index is 12.1. The van der Waals surface area contributed by atoms with Gasteiger partial charge in [-0.2, -0.15) is 0 Å². The molecule has 0 aliphatic carbocycles. The van der Waals surface area contributed by atoms with Crippen molar-refractivity contribution in [2.24, 2.45) is 0 Å². The summed E-state index contributed by atoms with van der Waals surface area (Å²) < 4.78 is 31.7. The summed E-state index contributed by atoms with van der Waals surface area (Å²) in [5, 5.41) is 5.79. The summed E-state index contributed by atoms with van der Waals surface area (Å²) in [7, 11) is 4.98. The Morgan fingerprint density at radius 1 is 0.852 bits per heavy atom. The van der Waals surface area contributed by atoms with Crippen molar-refractivity contribution in [3.05, 3.63) is 0 Å². The second-order valence-corrected chi connectivity index (χ2v) is 6.43. The maximum absolute atomic E-state index is 12.1. The van der Waals surface area contributed by atoms with Crippen LogP contribution in [0, 0.1) is 0 Å². The SMILES string of the molecule is CN[C@@H](COCCOCCOCCOCCOC)C(=O)NCC(C)(C)OC. The lowest BCUT2D eigenvalue weighted by atomic mass is 10.1. The van der Waals surface area contributed by atoms with Crippen molar-refractivity contribution in [2.45, 2.75) is 25.5 Å². The van der Waals surface area contributed by atoms with Crippen LogP contribution in [-0.4, -0.2) is 105 Å². The average molecular weight is 395 g/mol. The zero-order valence-electron chi connectivity index (χ0n) is 17.5. The van der Waals surface area contributed by atoms with Crippen LogP contribution in [0.5, 0.6) is 0 Å². The van der Waals surface area contributed by atoms with E-state index in [-0.39, 0.29) is 12.5 Å². The first-order chi connectivity index (χ1) is 13.0. The highest BCUT2D eigenvalue weighted by molar-refractivity contribution is 5.81. The summed E-state index contributed by atoms with van der Waals surface area (Å²) in [5.74, 6) is -0.121. The summed E-state index contributed by atoms with van der Waals surface area (Å²) in [6.07, 6.45) is 0. The van der Waals surface area contributed by atoms with Gasteiger partial charge in [-0.3, -0.25) is 4.79 Å². The Kier molecular flexibility index (Phi) is 16.8. The van der Waals surface area contributed by atoms with Gasteiger partial charge in [0.15, 0.2) is 0 Å². The van der Waals surface area contributed by atoms with Crippen LogP contribution >= 0.6 is 0 Å². The van der Waals surface area contributed by atoms with Gasteiger partial charge in [0.2, 0.25) is 5.91 Å². The number of carbonyl (C=O) groups is 1. The third kappa shape index (κ3) is 15.9. The number of amides is 1. The molecule has 27 heavy (non-hydrogen) atoms. The summed E-state index contributed by atoms with van der Waals surface area (Å²) in [5.41, 5.74) is -0.402. The summed E-state index contributed by atoms with van der Waals surface area (Å²) >= 11 is 0. The van der Waals surface area contributed by atoms with E-state index in [4.69, 9.17) is 28.4 Å². The molecule has 0 rings (SSSR count). The lowest BCUT2D eigenvalue weighted by molar-refractivity contribution is -0.126. The van der Waals surface area contributed by atoms with Gasteiger partial charge < -0.3 is 39.1 Å². The van der Waals surface area contributed by atoms with E-state index in [1.165, 1.54) is 0 Å². The molecule has 0 heterocycles. The number of likely N-dealkylation sites (N-methyl/N-ethyl adjacent to an activating group) is 1. The topological polar surface area (TPSA) is 96.5 Å². The van der Waals surface area contributed by atoms with Crippen LogP contribution in [0.2, 0.25) is 0 Å². The van der Waals surface area contributed by atoms with Crippen LogP contribution in [0.4, 0.5) is 0 Å². The number of methoxy groups -OCH3 is 2. The average Bonchev–Trinajstić information content (AvgIpc) is 2.66. The van der Waals surface area contributed by atoms with Crippen LogP contribution < -0.4 is 10.6 Å². The van der Waals surface area contributed by atoms with Gasteiger partial charge in [0.05, 0.1) is 65.1 Å². The van der Waals surface area contributed by atoms with Crippen LogP contribution in [0.25, 0.3) is 0 Å². The molecule has 9 nitrogen and oxygen atoms in total. The van der Waals surface area contributed by atoms with E-state index in [1.807, 2.05) is 13.8 Å². The fraction of sp³-hybridized carbons (Fsp3) is 0.944. The molecule has 162 valence electrons. The molecule has 0 bridgehead atoms. The molecule has 0 aliphatic heterocycles. The zero-order valence-corrected chi connectivity index (χ0v) is 17.5. The Labute approximate surface area is 163 Å². The molecular weight excluding hydrogens is 356 g/mol. The molecular formula is C18H38N2O7. The third-order valence-corrected chi connectivity index (χ3v) is 3.74. The van der Waals surface area contributed by atoms with Crippen LogP contribution in [-0.2, 0) is 33.2 Å². The minimum Gasteiger partial charge on any atom is -0.382 e. The quantitative estimate of drug-likeness (QED) is 0.292. The highest BCUT2D eigenvalue weighted by Gasteiger charge is 2.21. The third-order valence-electron chi connectivity index (χ3n) is 3.74. The van der Waals surface area contributed by atoms with Gasteiger partial charge in [-0.05, 0) is 20.9 Å². The molecule has 0 unspecified atom stereocenters. The Morgan fingerprint density at radius 3 is 1.78 bits per heavy atom. The van der Waals surface area contributed by atoms with Gasteiger partial charge in [0.25, 0.3) is 0 Å². The lowest BCUT2D eigenvalue weighted by Gasteiger charge is -2.24. The molecule has 0 fully saturated rings. The first-order valence-electron chi connectivity index (χ1n) is 9.27. The molecule has 0 aromatic heterocycles. The predicted octanol–water partition coefficient (Wildman–Crippen LogP) is -0.172. The smallest absolute Gasteiger partial charge is 0.239 e. The van der Waals surface area contributed by atoms with Crippen molar-refractivity contribution in [3.63, 3.8) is 0 Å². The van der Waals surface area contributed by atoms with E-state index in [9.17, 15) is 4.79 Å². The highest BCUT2D eigenvalue weighted by Crippen LogP contribution is 2.04. The summed E-state index contributed by atoms with van der Waals surface area (Å²) in [4.78, 5) is 12.1. The molecule has 0 aromatic carbocycles. The van der Waals surface area contributed by atoms with Crippen molar-refractivity contribution < 1.29 is 33.2 Å². The van der Waals surface area contributed by atoms with Crippen molar-refractivity contribution in [1.29, 1.82) is 0 Å². The molecule has 1 atom stereocenters. The normalized spacial score (nSPS) is 12.9. The Bertz CT molecular complexity index is 357. The predicted molar refractivity (Wildman–Crippen MR) is 102 cm³/mol. The lowest BCUT2D eigenvalue weighted by Crippen LogP contribution is -2.49. The van der Waals surface area contributed by atoms with Crippen molar-refractivity contribution in [3.8, 4) is 0 Å². The largest absolute Gasteiger partial charge is 0.382 e. The van der Waals surface area contributed by atoms with E-state index in [0.29, 0.717) is 59.4 Å². The summed E-state index contributed by atoms with van der Waals surface area (Å²) in [6, 6.07) is -0.418. The first kappa shape index (κ1) is 26.2. The molecule has 0 aliphatic rings. The van der Waals surface area contributed by atoms with Crippen molar-refractivity contribution >= 4 is 5.91 Å². The van der Waals surface area contributed by atoms with E-state index in [1.54, 1.807) is 21.3 Å². The van der Waals surface area contributed by atoms with Crippen molar-refractivity contribution in [2.75, 3.05) is 87.3 Å². The van der Waals surface area contributed by atoms with E-state index >= 15 is 0 Å². The van der Waals surface area contributed by atoms with Crippen LogP contribution in [0.1, 0.15) is 13.8 Å². The zero-order chi connectivity index (χ0) is 20.4. The Morgan fingerprint density at radius 2 is 1.33 bits per heavy atom. The number of ether oxygens (including phenoxy) is 6. The Hall–Kier alpha value is -0.810. The number of hydrogen-bond donors (Lipinski definition) is 2. The fourth-order valence-corrected chi connectivity index (χ4v) is 1.79. The molecule has 9 heteroatoms. The van der Waals surface area contributed by atoms with Gasteiger partial charge in [0.1, 0.15) is 6.04 Å². The van der Waals surface area contributed by atoms with Gasteiger partial charge in [0, 0.05) is 20.8 Å². The van der Waals surface area contributed by atoms with Crippen LogP contribution in [0.3, 0.4) is 0 Å². The second kappa shape index (κ2) is 17.3. The van der Waals surface area contributed by atoms with E-state index in [2.05, 4.69) is 10.6 Å². The minimum atomic E-state index is -0.418. The highest BCUT2D eigenvalue weighted by atomic mass is 16.6. The molecule has 1 amide bonds. The molecule has 0 saturated heterocycles. The molecule has 0 saturated carbocycles. The molecule has 2 N–H and O–H groups in total. The Balaban J connectivity index is 3.54. The number of hydrogen-bond acceptors (Lipinski definition) is 8. The monoisotopic (exact) mass is 394 g/mol. The summed E-state index contributed by atoms with van der Waals surface area (Å²) in [6.45, 7) is 8.61. The minimum absolute atomic E-state index is 0.121. The van der Waals surface area contributed by atoms with Crippen molar-refractivity contribution in [1.82, 2.24) is 10.6 Å². The molecule has 0 spiro atoms. The van der Waals surface area contributed by atoms with Gasteiger partial charge in [-0.15, -0.1) is 0 Å². The van der Waals surface area contributed by atoms with Gasteiger partial charge in [-0.25, -0.2) is 0 Å². The van der Waals surface area contributed by atoms with Crippen LogP contribution in [0.15, 0.2) is 0 Å².